The second-order valence-corrected chi connectivity index (χ2v) is 7.79. The molecule has 0 spiro atoms. The number of benzene rings is 2. The molecule has 23 heavy (non-hydrogen) atoms. The second-order valence-electron chi connectivity index (χ2n) is 6.83. The Kier molecular flexibility index (Phi) is 4.56. The van der Waals surface area contributed by atoms with Crippen LogP contribution in [-0.4, -0.2) is 0 Å². The van der Waals surface area contributed by atoms with Gasteiger partial charge in [0.05, 0.1) is 0 Å². The second kappa shape index (κ2) is 6.33. The molecule has 0 saturated heterocycles. The summed E-state index contributed by atoms with van der Waals surface area (Å²) in [7, 11) is 0. The maximum atomic E-state index is 5.97. The van der Waals surface area contributed by atoms with Crippen molar-refractivity contribution in [3.05, 3.63) is 47.5 Å². The van der Waals surface area contributed by atoms with Gasteiger partial charge in [-0.2, -0.15) is 0 Å². The van der Waals surface area contributed by atoms with Crippen molar-refractivity contribution in [3.8, 4) is 0 Å². The van der Waals surface area contributed by atoms with Crippen LogP contribution >= 0.6 is 25.3 Å². The van der Waals surface area contributed by atoms with Crippen LogP contribution in [0.2, 0.25) is 0 Å². The smallest absolute Gasteiger partial charge is 0.0449 e. The highest BCUT2D eigenvalue weighted by molar-refractivity contribution is 7.80. The molecule has 0 aromatic heterocycles. The zero-order valence-electron chi connectivity index (χ0n) is 13.4. The molecule has 1 saturated carbocycles. The Hall–Kier alpha value is -1.26. The summed E-state index contributed by atoms with van der Waals surface area (Å²) in [6, 6.07) is 12.5. The lowest BCUT2D eigenvalue weighted by molar-refractivity contribution is 0.272. The largest absolute Gasteiger partial charge is 0.398 e. The van der Waals surface area contributed by atoms with Crippen LogP contribution in [0.25, 0.3) is 0 Å². The fourth-order valence-corrected chi connectivity index (χ4v) is 4.35. The summed E-state index contributed by atoms with van der Waals surface area (Å²) >= 11 is 9.07. The standard InChI is InChI=1S/C19H24N2S2/c1-12-3-2-8-19(11-12,13-4-6-15(20)17(22)9-13)14-5-7-16(21)18(23)10-14/h4-7,9-10,12,22-23H,2-3,8,11,20-21H2,1H3. The minimum atomic E-state index is -0.00593. The van der Waals surface area contributed by atoms with Gasteiger partial charge in [0.2, 0.25) is 0 Å². The minimum absolute atomic E-state index is 0.00593. The van der Waals surface area contributed by atoms with Gasteiger partial charge in [-0.25, -0.2) is 0 Å². The summed E-state index contributed by atoms with van der Waals surface area (Å²) in [4.78, 5) is 1.70. The molecule has 2 aromatic rings. The van der Waals surface area contributed by atoms with Crippen molar-refractivity contribution >= 4 is 36.6 Å². The maximum absolute atomic E-state index is 5.97. The fourth-order valence-electron chi connectivity index (χ4n) is 3.93. The van der Waals surface area contributed by atoms with Crippen LogP contribution in [0.3, 0.4) is 0 Å². The first kappa shape index (κ1) is 16.6. The van der Waals surface area contributed by atoms with Crippen molar-refractivity contribution in [1.82, 2.24) is 0 Å². The summed E-state index contributed by atoms with van der Waals surface area (Å²) in [5, 5.41) is 0. The molecule has 1 fully saturated rings. The van der Waals surface area contributed by atoms with Crippen molar-refractivity contribution in [3.63, 3.8) is 0 Å². The molecule has 4 heteroatoms. The van der Waals surface area contributed by atoms with Gasteiger partial charge in [-0.15, -0.1) is 25.3 Å². The van der Waals surface area contributed by atoms with Gasteiger partial charge in [-0.3, -0.25) is 0 Å². The summed E-state index contributed by atoms with van der Waals surface area (Å²) in [5.41, 5.74) is 16.0. The van der Waals surface area contributed by atoms with E-state index in [1.165, 1.54) is 24.0 Å². The molecular weight excluding hydrogens is 320 g/mol. The molecule has 0 bridgehead atoms. The van der Waals surface area contributed by atoms with Crippen LogP contribution in [0, 0.1) is 5.92 Å². The molecular formula is C19H24N2S2. The van der Waals surface area contributed by atoms with Crippen molar-refractivity contribution in [1.29, 1.82) is 0 Å². The lowest BCUT2D eigenvalue weighted by atomic mass is 9.62. The number of thiol groups is 2. The van der Waals surface area contributed by atoms with Crippen molar-refractivity contribution in [2.75, 3.05) is 11.5 Å². The van der Waals surface area contributed by atoms with Crippen molar-refractivity contribution < 1.29 is 0 Å². The van der Waals surface area contributed by atoms with Crippen LogP contribution in [0.1, 0.15) is 43.7 Å². The summed E-state index contributed by atoms with van der Waals surface area (Å²) in [5.74, 6) is 0.686. The number of nitrogens with two attached hydrogens (primary N) is 2. The Labute approximate surface area is 149 Å². The lowest BCUT2D eigenvalue weighted by Gasteiger charge is -2.41. The van der Waals surface area contributed by atoms with Crippen molar-refractivity contribution in [2.24, 2.45) is 5.92 Å². The first-order chi connectivity index (χ1) is 10.9. The molecule has 1 atom stereocenters. The Morgan fingerprint density at radius 2 is 1.48 bits per heavy atom. The number of anilines is 2. The van der Waals surface area contributed by atoms with Crippen molar-refractivity contribution in [2.45, 2.75) is 47.8 Å². The van der Waals surface area contributed by atoms with Crippen LogP contribution in [-0.2, 0) is 5.41 Å². The summed E-state index contributed by atoms with van der Waals surface area (Å²) in [6.07, 6.45) is 4.76. The predicted octanol–water partition coefficient (Wildman–Crippen LogP) is 4.92. The maximum Gasteiger partial charge on any atom is 0.0449 e. The Balaban J connectivity index is 2.17. The van der Waals surface area contributed by atoms with Gasteiger partial charge in [0.1, 0.15) is 0 Å². The van der Waals surface area contributed by atoms with Gasteiger partial charge in [0.25, 0.3) is 0 Å². The lowest BCUT2D eigenvalue weighted by Crippen LogP contribution is -2.33. The summed E-state index contributed by atoms with van der Waals surface area (Å²) < 4.78 is 0. The topological polar surface area (TPSA) is 52.0 Å². The highest BCUT2D eigenvalue weighted by Crippen LogP contribution is 2.48. The molecule has 1 aliphatic rings. The monoisotopic (exact) mass is 344 g/mol. The molecule has 0 radical (unpaired) electrons. The molecule has 0 amide bonds. The molecule has 1 aliphatic carbocycles. The van der Waals surface area contributed by atoms with Crippen LogP contribution in [0.5, 0.6) is 0 Å². The van der Waals surface area contributed by atoms with E-state index in [1.807, 2.05) is 12.1 Å². The normalized spacial score (nSPS) is 20.4. The zero-order valence-corrected chi connectivity index (χ0v) is 15.2. The van der Waals surface area contributed by atoms with E-state index in [0.717, 1.165) is 34.0 Å². The molecule has 122 valence electrons. The van der Waals surface area contributed by atoms with Gasteiger partial charge in [-0.1, -0.05) is 31.9 Å². The third kappa shape index (κ3) is 3.07. The SMILES string of the molecule is CC1CCCC(c2ccc(N)c(S)c2)(c2ccc(N)c(S)c2)C1. The average molecular weight is 345 g/mol. The molecule has 0 heterocycles. The first-order valence-electron chi connectivity index (χ1n) is 8.10. The average Bonchev–Trinajstić information content (AvgIpc) is 2.52. The quantitative estimate of drug-likeness (QED) is 0.461. The third-order valence-electron chi connectivity index (χ3n) is 5.16. The number of hydrogen-bond donors (Lipinski definition) is 4. The van der Waals surface area contributed by atoms with Gasteiger partial charge in [0.15, 0.2) is 0 Å². The van der Waals surface area contributed by atoms with Crippen LogP contribution < -0.4 is 11.5 Å². The minimum Gasteiger partial charge on any atom is -0.398 e. The van der Waals surface area contributed by atoms with E-state index in [1.54, 1.807) is 0 Å². The number of rotatable bonds is 2. The van der Waals surface area contributed by atoms with E-state index in [-0.39, 0.29) is 5.41 Å². The summed E-state index contributed by atoms with van der Waals surface area (Å²) in [6.45, 7) is 2.34. The highest BCUT2D eigenvalue weighted by atomic mass is 32.1. The molecule has 4 N–H and O–H groups in total. The van der Waals surface area contributed by atoms with Gasteiger partial charge < -0.3 is 11.5 Å². The number of hydrogen-bond acceptors (Lipinski definition) is 4. The Bertz CT molecular complexity index is 676. The van der Waals surface area contributed by atoms with Crippen LogP contribution in [0.15, 0.2) is 46.2 Å². The van der Waals surface area contributed by atoms with E-state index in [4.69, 9.17) is 11.5 Å². The fraction of sp³-hybridized carbons (Fsp3) is 0.368. The predicted molar refractivity (Wildman–Crippen MR) is 105 cm³/mol. The van der Waals surface area contributed by atoms with E-state index in [2.05, 4.69) is 56.4 Å². The highest BCUT2D eigenvalue weighted by Gasteiger charge is 2.38. The Morgan fingerprint density at radius 1 is 0.957 bits per heavy atom. The third-order valence-corrected chi connectivity index (χ3v) is 5.94. The Morgan fingerprint density at radius 3 is 1.91 bits per heavy atom. The van der Waals surface area contributed by atoms with Gasteiger partial charge in [0, 0.05) is 26.6 Å². The van der Waals surface area contributed by atoms with E-state index in [0.29, 0.717) is 5.92 Å². The zero-order chi connectivity index (χ0) is 16.6. The van der Waals surface area contributed by atoms with E-state index < -0.39 is 0 Å². The van der Waals surface area contributed by atoms with Gasteiger partial charge in [-0.05, 0) is 54.2 Å². The van der Waals surface area contributed by atoms with E-state index >= 15 is 0 Å². The van der Waals surface area contributed by atoms with Crippen LogP contribution in [0.4, 0.5) is 11.4 Å². The molecule has 3 rings (SSSR count). The molecule has 0 aliphatic heterocycles. The molecule has 2 nitrogen and oxygen atoms in total. The molecule has 2 aromatic carbocycles. The number of nitrogen functional groups attached to an aromatic ring is 2. The first-order valence-corrected chi connectivity index (χ1v) is 9.00. The van der Waals surface area contributed by atoms with Gasteiger partial charge >= 0.3 is 0 Å². The van der Waals surface area contributed by atoms with E-state index in [9.17, 15) is 0 Å². The molecule has 1 unspecified atom stereocenters.